The van der Waals surface area contributed by atoms with E-state index < -0.39 is 0 Å². The largest absolute Gasteiger partial charge is 0.457 e. The first-order valence-electron chi connectivity index (χ1n) is 16.8. The van der Waals surface area contributed by atoms with Gasteiger partial charge in [-0.25, -0.2) is 0 Å². The van der Waals surface area contributed by atoms with Crippen LogP contribution < -0.4 is 20.5 Å². The normalized spacial score (nSPS) is 18.5. The molecule has 1 saturated carbocycles. The van der Waals surface area contributed by atoms with E-state index in [1.54, 1.807) is 7.11 Å². The summed E-state index contributed by atoms with van der Waals surface area (Å²) >= 11 is 0. The highest BCUT2D eigenvalue weighted by molar-refractivity contribution is 6.05. The third-order valence-electron chi connectivity index (χ3n) is 9.44. The summed E-state index contributed by atoms with van der Waals surface area (Å²) in [6.07, 6.45) is 19.3. The van der Waals surface area contributed by atoms with E-state index in [2.05, 4.69) is 41.4 Å². The Kier molecular flexibility index (Phi) is 11.7. The maximum Gasteiger partial charge on any atom is 0.251 e. The molecule has 0 radical (unpaired) electrons. The van der Waals surface area contributed by atoms with Gasteiger partial charge in [-0.15, -0.1) is 6.42 Å². The lowest BCUT2D eigenvalue weighted by Gasteiger charge is -2.28. The Balaban J connectivity index is 1.17. The molecule has 1 fully saturated rings. The molecule has 2 aliphatic rings. The van der Waals surface area contributed by atoms with Crippen molar-refractivity contribution in [1.29, 1.82) is 0 Å². The summed E-state index contributed by atoms with van der Waals surface area (Å²) in [7, 11) is 1.63. The number of methoxy groups -OCH3 is 1. The first-order chi connectivity index (χ1) is 22.8. The van der Waals surface area contributed by atoms with Gasteiger partial charge in [0.15, 0.2) is 5.78 Å². The number of hydrogen-bond donors (Lipinski definition) is 1. The number of carbonyl (C=O) groups is 2. The van der Waals surface area contributed by atoms with Crippen LogP contribution in [-0.4, -0.2) is 49.4 Å². The number of ether oxygens (including phenoxy) is 2. The van der Waals surface area contributed by atoms with Gasteiger partial charge < -0.3 is 19.7 Å². The molecule has 47 heavy (non-hydrogen) atoms. The third kappa shape index (κ3) is 9.02. The Bertz CT molecular complexity index is 1750. The first-order valence-corrected chi connectivity index (χ1v) is 16.8. The van der Waals surface area contributed by atoms with Crippen molar-refractivity contribution in [3.63, 3.8) is 0 Å². The van der Waals surface area contributed by atoms with Crippen LogP contribution in [-0.2, 0) is 4.74 Å². The molecule has 0 aromatic heterocycles. The molecule has 1 heterocycles. The van der Waals surface area contributed by atoms with E-state index >= 15 is 0 Å². The number of benzene rings is 3. The number of hydrogen-bond acceptors (Lipinski definition) is 5. The van der Waals surface area contributed by atoms with E-state index in [0.29, 0.717) is 47.7 Å². The van der Waals surface area contributed by atoms with E-state index in [-0.39, 0.29) is 11.7 Å². The minimum absolute atomic E-state index is 0.0494. The van der Waals surface area contributed by atoms with Gasteiger partial charge in [0, 0.05) is 54.4 Å². The van der Waals surface area contributed by atoms with Crippen LogP contribution in [0.2, 0.25) is 0 Å². The SMILES string of the molecule is C#Cc1ccc(Oc2ccc(C(=O)C=C3CCCC(CCN4C=c5c(C)c(C(=O)NCCOC)ccc5=CCC4C)CC3)cc2)cc1. The molecule has 244 valence electrons. The highest BCUT2D eigenvalue weighted by atomic mass is 16.5. The Morgan fingerprint density at radius 1 is 1.02 bits per heavy atom. The van der Waals surface area contributed by atoms with Crippen molar-refractivity contribution in [2.24, 2.45) is 5.92 Å². The van der Waals surface area contributed by atoms with E-state index in [4.69, 9.17) is 15.9 Å². The molecule has 6 heteroatoms. The molecule has 5 rings (SSSR count). The summed E-state index contributed by atoms with van der Waals surface area (Å²) in [5.74, 6) is 4.59. The predicted octanol–water partition coefficient (Wildman–Crippen LogP) is 6.54. The second kappa shape index (κ2) is 16.3. The number of fused-ring (bicyclic) bond motifs is 1. The predicted molar refractivity (Wildman–Crippen MR) is 189 cm³/mol. The monoisotopic (exact) mass is 630 g/mol. The Labute approximate surface area is 279 Å². The van der Waals surface area contributed by atoms with Gasteiger partial charge >= 0.3 is 0 Å². The summed E-state index contributed by atoms with van der Waals surface area (Å²) in [6, 6.07) is 19.1. The van der Waals surface area contributed by atoms with Crippen LogP contribution >= 0.6 is 0 Å². The molecule has 2 atom stereocenters. The zero-order valence-corrected chi connectivity index (χ0v) is 27.9. The van der Waals surface area contributed by atoms with Crippen LogP contribution in [0, 0.1) is 25.2 Å². The Morgan fingerprint density at radius 2 is 1.77 bits per heavy atom. The minimum atomic E-state index is -0.0606. The number of allylic oxidation sites excluding steroid dienone is 2. The fourth-order valence-corrected chi connectivity index (χ4v) is 6.47. The average molecular weight is 631 g/mol. The van der Waals surface area contributed by atoms with Gasteiger partial charge in [0.1, 0.15) is 11.5 Å². The molecular weight excluding hydrogens is 584 g/mol. The van der Waals surface area contributed by atoms with Crippen molar-refractivity contribution in [2.75, 3.05) is 26.8 Å². The van der Waals surface area contributed by atoms with Crippen molar-refractivity contribution in [3.05, 3.63) is 105 Å². The topological polar surface area (TPSA) is 67.9 Å². The zero-order chi connectivity index (χ0) is 33.2. The molecule has 2 unspecified atom stereocenters. The maximum atomic E-state index is 13.1. The van der Waals surface area contributed by atoms with Crippen molar-refractivity contribution in [1.82, 2.24) is 10.2 Å². The highest BCUT2D eigenvalue weighted by Gasteiger charge is 2.20. The van der Waals surface area contributed by atoms with Crippen LogP contribution in [0.3, 0.4) is 0 Å². The molecule has 6 nitrogen and oxygen atoms in total. The maximum absolute atomic E-state index is 13.1. The van der Waals surface area contributed by atoms with Gasteiger partial charge in [-0.05, 0) is 130 Å². The fraction of sp³-hybridized carbons (Fsp3) is 0.366. The molecule has 3 aromatic carbocycles. The molecule has 1 amide bonds. The average Bonchev–Trinajstić information content (AvgIpc) is 3.40. The summed E-state index contributed by atoms with van der Waals surface area (Å²) in [6.45, 7) is 6.28. The lowest BCUT2D eigenvalue weighted by Crippen LogP contribution is -2.36. The standard InChI is InChI=1S/C41H46N2O4/c1-5-31-12-18-36(19-13-31)47-37-20-15-35(16-21-37)40(44)27-33-8-6-7-32(10-11-33)23-25-43-28-39-30(3)38(41(45)42-24-26-46-4)22-17-34(39)14-9-29(43)2/h1,12-22,27-29,32H,6-11,23-26H2,2-4H3,(H,42,45). The van der Waals surface area contributed by atoms with Crippen LogP contribution in [0.1, 0.15) is 83.7 Å². The summed E-state index contributed by atoms with van der Waals surface area (Å²) in [4.78, 5) is 28.4. The van der Waals surface area contributed by atoms with Gasteiger partial charge in [0.2, 0.25) is 0 Å². The van der Waals surface area contributed by atoms with Crippen molar-refractivity contribution in [2.45, 2.75) is 64.8 Å². The number of ketones is 1. The molecule has 0 bridgehead atoms. The Morgan fingerprint density at radius 3 is 2.49 bits per heavy atom. The van der Waals surface area contributed by atoms with E-state index in [0.717, 1.165) is 61.4 Å². The number of nitrogens with one attached hydrogen (secondary N) is 1. The van der Waals surface area contributed by atoms with Gasteiger partial charge in [-0.3, -0.25) is 9.59 Å². The third-order valence-corrected chi connectivity index (χ3v) is 9.44. The number of amides is 1. The van der Waals surface area contributed by atoms with E-state index in [9.17, 15) is 9.59 Å². The van der Waals surface area contributed by atoms with Crippen LogP contribution in [0.25, 0.3) is 12.3 Å². The second-order valence-corrected chi connectivity index (χ2v) is 12.7. The molecule has 1 aliphatic carbocycles. The quantitative estimate of drug-likeness (QED) is 0.0858. The molecule has 0 saturated heterocycles. The lowest BCUT2D eigenvalue weighted by atomic mass is 9.95. The van der Waals surface area contributed by atoms with Crippen LogP contribution in [0.15, 0.2) is 72.3 Å². The van der Waals surface area contributed by atoms with Crippen LogP contribution in [0.4, 0.5) is 0 Å². The summed E-state index contributed by atoms with van der Waals surface area (Å²) in [5, 5.41) is 5.29. The summed E-state index contributed by atoms with van der Waals surface area (Å²) in [5.41, 5.74) is 4.45. The number of rotatable bonds is 11. The van der Waals surface area contributed by atoms with Gasteiger partial charge in [-0.2, -0.15) is 0 Å². The summed E-state index contributed by atoms with van der Waals surface area (Å²) < 4.78 is 11.0. The molecule has 1 aliphatic heterocycles. The zero-order valence-electron chi connectivity index (χ0n) is 27.9. The second-order valence-electron chi connectivity index (χ2n) is 12.7. The Hall–Kier alpha value is -4.60. The van der Waals surface area contributed by atoms with Gasteiger partial charge in [0.05, 0.1) is 6.61 Å². The van der Waals surface area contributed by atoms with Crippen molar-refractivity contribution < 1.29 is 19.1 Å². The lowest BCUT2D eigenvalue weighted by molar-refractivity contribution is 0.0935. The molecule has 0 spiro atoms. The fourth-order valence-electron chi connectivity index (χ4n) is 6.47. The first kappa shape index (κ1) is 33.8. The van der Waals surface area contributed by atoms with Crippen molar-refractivity contribution >= 4 is 24.0 Å². The highest BCUT2D eigenvalue weighted by Crippen LogP contribution is 2.30. The van der Waals surface area contributed by atoms with E-state index in [1.165, 1.54) is 17.2 Å². The van der Waals surface area contributed by atoms with Crippen LogP contribution in [0.5, 0.6) is 11.5 Å². The smallest absolute Gasteiger partial charge is 0.251 e. The molecule has 3 aromatic rings. The van der Waals surface area contributed by atoms with Crippen molar-refractivity contribution in [3.8, 4) is 23.8 Å². The molecular formula is C41H46N2O4. The minimum Gasteiger partial charge on any atom is -0.457 e. The van der Waals surface area contributed by atoms with E-state index in [1.807, 2.05) is 67.6 Å². The van der Waals surface area contributed by atoms with Gasteiger partial charge in [0.25, 0.3) is 5.91 Å². The number of carbonyl (C=O) groups excluding carboxylic acids is 2. The molecule has 1 N–H and O–H groups in total. The number of terminal acetylenes is 1. The van der Waals surface area contributed by atoms with Gasteiger partial charge in [-0.1, -0.05) is 30.1 Å². The number of nitrogens with zero attached hydrogens (tertiary/aromatic N) is 1.